The van der Waals surface area contributed by atoms with Gasteiger partial charge in [0.1, 0.15) is 0 Å². The molecule has 0 aliphatic rings. The van der Waals surface area contributed by atoms with E-state index in [1.807, 2.05) is 0 Å². The topological polar surface area (TPSA) is 0 Å². The minimum absolute atomic E-state index is 2.12. The van der Waals surface area contributed by atoms with Gasteiger partial charge in [0.2, 0.25) is 0 Å². The van der Waals surface area contributed by atoms with E-state index in [1.54, 1.807) is 0 Å². The Balaban J connectivity index is 4.65. The summed E-state index contributed by atoms with van der Waals surface area (Å²) in [5, 5.41) is 0. The van der Waals surface area contributed by atoms with Crippen molar-refractivity contribution in [1.82, 2.24) is 0 Å². The Labute approximate surface area is 724 Å². The molecule has 0 saturated heterocycles. The van der Waals surface area contributed by atoms with Crippen LogP contribution in [0.1, 0.15) is 0 Å². The molecular weight excluding hydrogens is 1480 g/mol. The highest BCUT2D eigenvalue weighted by Crippen LogP contribution is 1.70. The zero-order valence-electron chi connectivity index (χ0n) is 61.8. The van der Waals surface area contributed by atoms with Crippen molar-refractivity contribution in [2.24, 2.45) is 0 Å². The molecule has 0 saturated carbocycles. The van der Waals surface area contributed by atoms with Crippen LogP contribution < -0.4 is 0 Å². The zero-order chi connectivity index (χ0) is 87.6. The summed E-state index contributed by atoms with van der Waals surface area (Å²) >= 11 is 0. The van der Waals surface area contributed by atoms with Crippen molar-refractivity contribution in [3.63, 3.8) is 0 Å². The molecule has 0 bridgehead atoms. The predicted octanol–water partition coefficient (Wildman–Crippen LogP) is 0.658. The Morgan fingerprint density at radius 3 is 0.146 bits per heavy atom. The van der Waals surface area contributed by atoms with Gasteiger partial charge in [-0.3, -0.25) is 5.92 Å². The fraction of sp³-hybridized carbons (Fsp3) is 0. The maximum atomic E-state index is 4.96. The molecule has 0 heterocycles. The monoisotopic (exact) mass is 1480 g/mol. The summed E-state index contributed by atoms with van der Waals surface area (Å²) in [6.45, 7) is 3.32. The molecule has 0 spiro atoms. The average Bonchev–Trinajstić information content (AvgIpc) is 1.42. The van der Waals surface area contributed by atoms with E-state index in [2.05, 4.69) is 723 Å². The van der Waals surface area contributed by atoms with Gasteiger partial charge in [-0.2, -0.15) is 6.92 Å². The Kier molecular flexibility index (Phi) is 74.2. The van der Waals surface area contributed by atoms with E-state index in [4.69, 9.17) is 6.42 Å². The van der Waals surface area contributed by atoms with Gasteiger partial charge in [0.05, 0.1) is 0 Å². The highest BCUT2D eigenvalue weighted by atomic mass is 13.7. The highest BCUT2D eigenvalue weighted by Gasteiger charge is 1.69. The van der Waals surface area contributed by atoms with Crippen LogP contribution in [0.3, 0.4) is 0 Å². The van der Waals surface area contributed by atoms with Gasteiger partial charge in [0.15, 0.2) is 0 Å². The third-order valence-electron chi connectivity index (χ3n) is 7.54. The Bertz CT molecular complexity index is 8620. The number of hydrogen-bond donors (Lipinski definition) is 0. The van der Waals surface area contributed by atoms with Crippen molar-refractivity contribution in [2.75, 3.05) is 0 Å². The second kappa shape index (κ2) is 95.0. The van der Waals surface area contributed by atoms with Crippen molar-refractivity contribution in [2.45, 2.75) is 0 Å². The molecule has 0 N–H and O–H groups in total. The third-order valence-corrected chi connectivity index (χ3v) is 7.54. The third kappa shape index (κ3) is 95.0. The molecule has 0 aromatic heterocycles. The van der Waals surface area contributed by atoms with Gasteiger partial charge in [-0.05, 0) is 94.7 Å². The molecule has 496 valence electrons. The molecular formula is C123H3-. The highest BCUT2D eigenvalue weighted by molar-refractivity contribution is 5.58. The summed E-state index contributed by atoms with van der Waals surface area (Å²) in [6.07, 6.45) is 4.96. The fourth-order valence-electron chi connectivity index (χ4n) is 3.74. The molecule has 0 fully saturated rings. The average molecular weight is 1480 g/mol. The fourth-order valence-corrected chi connectivity index (χ4v) is 3.74. The second-order valence-corrected chi connectivity index (χ2v) is 15.2. The molecule has 0 radical (unpaired) electrons. The van der Waals surface area contributed by atoms with E-state index in [1.165, 1.54) is 0 Å². The van der Waals surface area contributed by atoms with Crippen molar-refractivity contribution in [3.8, 4) is 723 Å². The van der Waals surface area contributed by atoms with Crippen molar-refractivity contribution in [1.29, 1.82) is 0 Å². The lowest BCUT2D eigenvalue weighted by atomic mass is 10.4. The minimum Gasteiger partial charge on any atom is -0.284 e. The lowest BCUT2D eigenvalue weighted by Crippen LogP contribution is -1.57. The van der Waals surface area contributed by atoms with E-state index in [-0.39, 0.29) is 0 Å². The summed E-state index contributed by atoms with van der Waals surface area (Å²) in [7, 11) is 0. The van der Waals surface area contributed by atoms with Gasteiger partial charge in [0, 0.05) is 604 Å². The SMILES string of the molecule is C#CC#CC#CC#CC#CC#CC#CC#CC#CC#CC#CC#CC#CC#CC#CC#CC#CC#CC#CC#CC#CC#CC#CC#CC#CC#CC#CC#CC#CC#CC#CC#CC#CC#CC#CC#CC#CC#CC#CC#CC#CC#CC#CC#CC#CC#CC#CC#CC#CC#CC#CC#CC#CC#CC#CC#CC#CC#CC#CC#CC#C[CH2-]. The van der Waals surface area contributed by atoms with Gasteiger partial charge in [0.25, 0.3) is 0 Å². The van der Waals surface area contributed by atoms with Crippen LogP contribution in [0.4, 0.5) is 0 Å². The summed E-state index contributed by atoms with van der Waals surface area (Å²) in [6, 6.07) is 0. The molecule has 0 nitrogen and oxygen atoms in total. The van der Waals surface area contributed by atoms with Gasteiger partial charge in [-0.25, -0.2) is 5.92 Å². The largest absolute Gasteiger partial charge is 0.284 e. The van der Waals surface area contributed by atoms with E-state index in [0.29, 0.717) is 0 Å². The smallest absolute Gasteiger partial charge is 0 e. The van der Waals surface area contributed by atoms with Crippen LogP contribution in [0.2, 0.25) is 0 Å². The summed E-state index contributed by atoms with van der Waals surface area (Å²) in [5.41, 5.74) is 0. The molecule has 0 atom stereocenters. The first-order chi connectivity index (χ1) is 61.4. The van der Waals surface area contributed by atoms with Gasteiger partial charge in [-0.15, -0.1) is 12.3 Å². The number of rotatable bonds is 0. The number of hydrogen-bond acceptors (Lipinski definition) is 0. The summed E-state index contributed by atoms with van der Waals surface area (Å²) < 4.78 is 0. The minimum atomic E-state index is 2.12. The first-order valence-corrected chi connectivity index (χ1v) is 30.6. The molecule has 0 aliphatic carbocycles. The molecule has 0 amide bonds. The van der Waals surface area contributed by atoms with Crippen LogP contribution in [0, 0.1) is 730 Å². The summed E-state index contributed by atoms with van der Waals surface area (Å²) in [5.74, 6) is 301. The van der Waals surface area contributed by atoms with E-state index < -0.39 is 0 Å². The van der Waals surface area contributed by atoms with Crippen molar-refractivity contribution in [3.05, 3.63) is 6.92 Å². The first-order valence-electron chi connectivity index (χ1n) is 30.6. The van der Waals surface area contributed by atoms with Gasteiger partial charge in [-0.1, -0.05) is 0 Å². The van der Waals surface area contributed by atoms with Crippen molar-refractivity contribution >= 4 is 0 Å². The van der Waals surface area contributed by atoms with Crippen LogP contribution in [0.15, 0.2) is 0 Å². The van der Waals surface area contributed by atoms with Crippen molar-refractivity contribution < 1.29 is 0 Å². The lowest BCUT2D eigenvalue weighted by Gasteiger charge is -1.64. The van der Waals surface area contributed by atoms with Gasteiger partial charge < -0.3 is 0 Å². The predicted molar refractivity (Wildman–Crippen MR) is 481 cm³/mol. The zero-order valence-corrected chi connectivity index (χ0v) is 61.8. The van der Waals surface area contributed by atoms with Gasteiger partial charge >= 0.3 is 0 Å². The maximum Gasteiger partial charge on any atom is 0 e. The molecule has 123 heavy (non-hydrogen) atoms. The Morgan fingerprint density at radius 1 is 0.0650 bits per heavy atom. The normalized spacial score (nSPS) is 3.96. The molecule has 0 aliphatic heterocycles. The standard InChI is InChI=1S/C123H3/c1-3-5-7-9-11-13-15-17-19-21-23-25-27-29-31-33-35-37-39-41-43-45-47-49-51-53-55-57-59-61-63-65-67-69-71-73-75-77-79-81-83-85-87-89-91-93-95-97-99-101-103-105-107-109-111-113-115-117-119-121-123-122-120-118-116-114-112-110-108-106-104-102-100-98-96-94-92-90-88-86-84-82-80-78-76-74-72-70-68-66-64-62-60-58-56-54-52-50-48-46-44-42-40-38-36-34-32-30-28-26-24-22-20-18-16-14-12-10-8-6-4-2/h1H,2H2/q-1. The van der Waals surface area contributed by atoms with E-state index >= 15 is 0 Å². The molecule has 0 aromatic rings. The summed E-state index contributed by atoms with van der Waals surface area (Å²) in [4.78, 5) is 0. The van der Waals surface area contributed by atoms with E-state index in [0.717, 1.165) is 0 Å². The molecule has 0 aromatic carbocycles. The van der Waals surface area contributed by atoms with Crippen LogP contribution in [0.5, 0.6) is 0 Å². The second-order valence-electron chi connectivity index (χ2n) is 15.2. The molecule has 0 rings (SSSR count). The van der Waals surface area contributed by atoms with Crippen LogP contribution in [-0.4, -0.2) is 0 Å². The Hall–Kier alpha value is -27.0. The lowest BCUT2D eigenvalue weighted by molar-refractivity contribution is 2.31. The molecule has 0 heteroatoms. The maximum absolute atomic E-state index is 4.96. The van der Waals surface area contributed by atoms with Crippen LogP contribution in [0.25, 0.3) is 0 Å². The first kappa shape index (κ1) is 96.0. The van der Waals surface area contributed by atoms with E-state index in [9.17, 15) is 0 Å². The number of terminal acetylenes is 1. The molecule has 0 unspecified atom stereocenters. The quantitative estimate of drug-likeness (QED) is 0.248. The Morgan fingerprint density at radius 2 is 0.106 bits per heavy atom. The van der Waals surface area contributed by atoms with Crippen LogP contribution >= 0.6 is 0 Å². The van der Waals surface area contributed by atoms with Crippen LogP contribution in [-0.2, 0) is 0 Å².